The highest BCUT2D eigenvalue weighted by Crippen LogP contribution is 2.15. The van der Waals surface area contributed by atoms with E-state index in [1.807, 2.05) is 0 Å². The number of unbranched alkanes of at least 4 members (excludes halogenated alkanes) is 29. The van der Waals surface area contributed by atoms with Crippen molar-refractivity contribution < 1.29 is 28.6 Å². The molecular weight excluding hydrogens is 733 g/mol. The maximum Gasteiger partial charge on any atom is 0.306 e. The summed E-state index contributed by atoms with van der Waals surface area (Å²) in [7, 11) is 0. The minimum atomic E-state index is -0.770. The van der Waals surface area contributed by atoms with E-state index < -0.39 is 6.10 Å². The molecule has 0 aliphatic heterocycles. The lowest BCUT2D eigenvalue weighted by Gasteiger charge is -2.18. The van der Waals surface area contributed by atoms with Gasteiger partial charge in [-0.2, -0.15) is 0 Å². The van der Waals surface area contributed by atoms with Crippen LogP contribution in [0.4, 0.5) is 0 Å². The van der Waals surface area contributed by atoms with Gasteiger partial charge in [-0.1, -0.05) is 224 Å². The second-order valence-corrected chi connectivity index (χ2v) is 17.1. The molecule has 344 valence electrons. The second kappa shape index (κ2) is 48.3. The second-order valence-electron chi connectivity index (χ2n) is 17.1. The predicted octanol–water partition coefficient (Wildman–Crippen LogP) is 16.5. The summed E-state index contributed by atoms with van der Waals surface area (Å²) in [5.74, 6) is -0.881. The van der Waals surface area contributed by atoms with E-state index in [0.717, 1.165) is 77.0 Å². The number of carbonyl (C=O) groups excluding carboxylic acids is 3. The Labute approximate surface area is 365 Å². The summed E-state index contributed by atoms with van der Waals surface area (Å²) in [6.07, 6.45) is 55.6. The number of hydrogen-bond acceptors (Lipinski definition) is 6. The van der Waals surface area contributed by atoms with Crippen molar-refractivity contribution in [2.45, 2.75) is 271 Å². The molecule has 0 amide bonds. The highest BCUT2D eigenvalue weighted by atomic mass is 16.6. The Morgan fingerprint density at radius 3 is 0.949 bits per heavy atom. The standard InChI is InChI=1S/C53H96O6/c1-4-7-10-13-16-19-22-23-24-25-26-27-28-29-30-31-32-35-37-40-43-46-52(55)58-49-50(59-53(56)47-44-41-38-34-21-18-15-12-9-6-3)48-57-51(54)45-42-39-36-33-20-17-14-11-8-5-2/h22-23,25-26,28-29,50H,4-21,24,27,30-49H2,1-3H3/b23-22-,26-25-,29-28-. The molecule has 0 bridgehead atoms. The Hall–Kier alpha value is -2.37. The van der Waals surface area contributed by atoms with Crippen molar-refractivity contribution in [1.29, 1.82) is 0 Å². The molecule has 6 heteroatoms. The van der Waals surface area contributed by atoms with Crippen LogP contribution < -0.4 is 0 Å². The van der Waals surface area contributed by atoms with E-state index in [4.69, 9.17) is 14.2 Å². The van der Waals surface area contributed by atoms with Gasteiger partial charge in [-0.25, -0.2) is 0 Å². The predicted molar refractivity (Wildman–Crippen MR) is 252 cm³/mol. The van der Waals surface area contributed by atoms with E-state index in [-0.39, 0.29) is 31.1 Å². The van der Waals surface area contributed by atoms with Gasteiger partial charge in [-0.3, -0.25) is 14.4 Å². The molecule has 59 heavy (non-hydrogen) atoms. The molecule has 0 aliphatic rings. The fraction of sp³-hybridized carbons (Fsp3) is 0.830. The summed E-state index contributed by atoms with van der Waals surface area (Å²) in [5, 5.41) is 0. The molecule has 0 heterocycles. The van der Waals surface area contributed by atoms with Crippen LogP contribution in [0.3, 0.4) is 0 Å². The molecule has 0 N–H and O–H groups in total. The normalized spacial score (nSPS) is 12.3. The molecule has 0 spiro atoms. The van der Waals surface area contributed by atoms with Gasteiger partial charge in [-0.05, 0) is 57.8 Å². The quantitative estimate of drug-likeness (QED) is 0.0263. The zero-order chi connectivity index (χ0) is 43.0. The van der Waals surface area contributed by atoms with E-state index in [1.54, 1.807) is 0 Å². The highest BCUT2D eigenvalue weighted by Gasteiger charge is 2.19. The summed E-state index contributed by atoms with van der Waals surface area (Å²) in [6.45, 7) is 6.60. The highest BCUT2D eigenvalue weighted by molar-refractivity contribution is 5.71. The zero-order valence-corrected chi connectivity index (χ0v) is 39.3. The largest absolute Gasteiger partial charge is 0.462 e. The zero-order valence-electron chi connectivity index (χ0n) is 39.3. The van der Waals surface area contributed by atoms with Crippen molar-refractivity contribution in [1.82, 2.24) is 0 Å². The third-order valence-corrected chi connectivity index (χ3v) is 11.1. The molecule has 0 saturated heterocycles. The summed E-state index contributed by atoms with van der Waals surface area (Å²) < 4.78 is 16.7. The number of rotatable bonds is 46. The molecule has 0 aliphatic carbocycles. The van der Waals surface area contributed by atoms with Crippen LogP contribution in [0, 0.1) is 0 Å². The Morgan fingerprint density at radius 2 is 0.610 bits per heavy atom. The lowest BCUT2D eigenvalue weighted by molar-refractivity contribution is -0.167. The summed E-state index contributed by atoms with van der Waals surface area (Å²) in [4.78, 5) is 37.8. The molecule has 0 rings (SSSR count). The van der Waals surface area contributed by atoms with Crippen LogP contribution in [0.25, 0.3) is 0 Å². The van der Waals surface area contributed by atoms with E-state index in [9.17, 15) is 14.4 Å². The smallest absolute Gasteiger partial charge is 0.306 e. The Kier molecular flexibility index (Phi) is 46.4. The minimum absolute atomic E-state index is 0.0729. The first-order chi connectivity index (χ1) is 29.0. The lowest BCUT2D eigenvalue weighted by atomic mass is 10.1. The van der Waals surface area contributed by atoms with E-state index in [0.29, 0.717) is 19.3 Å². The fourth-order valence-corrected chi connectivity index (χ4v) is 7.27. The molecule has 6 nitrogen and oxygen atoms in total. The Balaban J connectivity index is 4.26. The van der Waals surface area contributed by atoms with Gasteiger partial charge < -0.3 is 14.2 Å². The van der Waals surface area contributed by atoms with Gasteiger partial charge in [0.25, 0.3) is 0 Å². The molecule has 1 unspecified atom stereocenters. The monoisotopic (exact) mass is 829 g/mol. The van der Waals surface area contributed by atoms with Crippen molar-refractivity contribution in [3.63, 3.8) is 0 Å². The van der Waals surface area contributed by atoms with Gasteiger partial charge in [0.05, 0.1) is 0 Å². The molecule has 1 atom stereocenters. The maximum absolute atomic E-state index is 12.7. The molecule has 0 aromatic rings. The molecular formula is C53H96O6. The third kappa shape index (κ3) is 46.5. The summed E-state index contributed by atoms with van der Waals surface area (Å²) in [5.41, 5.74) is 0. The minimum Gasteiger partial charge on any atom is -0.462 e. The Morgan fingerprint density at radius 1 is 0.339 bits per heavy atom. The lowest BCUT2D eigenvalue weighted by Crippen LogP contribution is -2.30. The topological polar surface area (TPSA) is 78.9 Å². The van der Waals surface area contributed by atoms with Gasteiger partial charge in [0.15, 0.2) is 6.10 Å². The number of carbonyl (C=O) groups is 3. The van der Waals surface area contributed by atoms with Crippen molar-refractivity contribution in [3.05, 3.63) is 36.5 Å². The van der Waals surface area contributed by atoms with Crippen LogP contribution in [0.15, 0.2) is 36.5 Å². The van der Waals surface area contributed by atoms with E-state index in [2.05, 4.69) is 57.2 Å². The van der Waals surface area contributed by atoms with Crippen LogP contribution in [0.1, 0.15) is 265 Å². The van der Waals surface area contributed by atoms with Crippen molar-refractivity contribution in [2.24, 2.45) is 0 Å². The van der Waals surface area contributed by atoms with Crippen LogP contribution in [0.2, 0.25) is 0 Å². The van der Waals surface area contributed by atoms with Crippen LogP contribution >= 0.6 is 0 Å². The molecule has 0 saturated carbocycles. The number of hydrogen-bond donors (Lipinski definition) is 0. The maximum atomic E-state index is 12.7. The van der Waals surface area contributed by atoms with E-state index in [1.165, 1.54) is 148 Å². The van der Waals surface area contributed by atoms with E-state index >= 15 is 0 Å². The van der Waals surface area contributed by atoms with Crippen LogP contribution in [-0.2, 0) is 28.6 Å². The third-order valence-electron chi connectivity index (χ3n) is 11.1. The molecule has 0 radical (unpaired) electrons. The molecule has 0 aromatic heterocycles. The Bertz CT molecular complexity index is 1000. The number of esters is 3. The number of ether oxygens (including phenoxy) is 3. The van der Waals surface area contributed by atoms with Gasteiger partial charge in [0.2, 0.25) is 0 Å². The fourth-order valence-electron chi connectivity index (χ4n) is 7.27. The average Bonchev–Trinajstić information content (AvgIpc) is 3.23. The number of allylic oxidation sites excluding steroid dienone is 6. The van der Waals surface area contributed by atoms with Gasteiger partial charge in [-0.15, -0.1) is 0 Å². The van der Waals surface area contributed by atoms with Crippen molar-refractivity contribution >= 4 is 17.9 Å². The summed E-state index contributed by atoms with van der Waals surface area (Å²) >= 11 is 0. The van der Waals surface area contributed by atoms with Crippen molar-refractivity contribution in [3.8, 4) is 0 Å². The van der Waals surface area contributed by atoms with Gasteiger partial charge in [0.1, 0.15) is 13.2 Å². The molecule has 0 aromatic carbocycles. The summed E-state index contributed by atoms with van der Waals surface area (Å²) in [6, 6.07) is 0. The first-order valence-electron chi connectivity index (χ1n) is 25.5. The first-order valence-corrected chi connectivity index (χ1v) is 25.5. The molecule has 0 fully saturated rings. The van der Waals surface area contributed by atoms with Gasteiger partial charge >= 0.3 is 17.9 Å². The van der Waals surface area contributed by atoms with Crippen LogP contribution in [0.5, 0.6) is 0 Å². The average molecular weight is 829 g/mol. The first kappa shape index (κ1) is 56.6. The van der Waals surface area contributed by atoms with Gasteiger partial charge in [0, 0.05) is 19.3 Å². The van der Waals surface area contributed by atoms with Crippen LogP contribution in [-0.4, -0.2) is 37.2 Å². The SMILES string of the molecule is CCCCCCC/C=C\C/C=C\C/C=C\CCCCCCCCC(=O)OCC(COC(=O)CCCCCCCCCCCC)OC(=O)CCCCCCCCCCCC. The van der Waals surface area contributed by atoms with Crippen molar-refractivity contribution in [2.75, 3.05) is 13.2 Å².